The number of ether oxygens (including phenoxy) is 5. The summed E-state index contributed by atoms with van der Waals surface area (Å²) in [5, 5.41) is 1.48. The Morgan fingerprint density at radius 3 is 1.09 bits per heavy atom. The van der Waals surface area contributed by atoms with Crippen molar-refractivity contribution in [2.75, 3.05) is 48.9 Å². The van der Waals surface area contributed by atoms with E-state index in [9.17, 15) is 66.0 Å². The van der Waals surface area contributed by atoms with Crippen LogP contribution in [-0.2, 0) is 59.5 Å². The zero-order valence-electron chi connectivity index (χ0n) is 72.7. The number of hydrogen-bond donors (Lipinski definition) is 1. The van der Waals surface area contributed by atoms with E-state index in [2.05, 4.69) is 77.5 Å². The van der Waals surface area contributed by atoms with Crippen molar-refractivity contribution in [1.29, 1.82) is 0 Å². The molecule has 8 aromatic carbocycles. The van der Waals surface area contributed by atoms with Crippen molar-refractivity contribution in [3.63, 3.8) is 0 Å². The van der Waals surface area contributed by atoms with Gasteiger partial charge in [-0.3, -0.25) is 28.1 Å². The van der Waals surface area contributed by atoms with E-state index in [1.54, 1.807) is 155 Å². The van der Waals surface area contributed by atoms with Crippen LogP contribution in [0.4, 0.5) is 44.2 Å². The number of aryl methyl sites for hydroxylation is 3. The van der Waals surface area contributed by atoms with E-state index in [4.69, 9.17) is 23.7 Å². The predicted molar refractivity (Wildman–Crippen MR) is 494 cm³/mol. The van der Waals surface area contributed by atoms with E-state index in [-0.39, 0.29) is 94.3 Å². The number of benzene rings is 8. The summed E-state index contributed by atoms with van der Waals surface area (Å²) >= 11 is 7.75. The van der Waals surface area contributed by atoms with Crippen molar-refractivity contribution >= 4 is 110 Å². The fourth-order valence-electron chi connectivity index (χ4n) is 15.5. The van der Waals surface area contributed by atoms with Gasteiger partial charge in [0.25, 0.3) is 46.7 Å². The van der Waals surface area contributed by atoms with Crippen LogP contribution in [0, 0.1) is 44.9 Å². The molecule has 3 saturated carbocycles. The number of methoxy groups -OCH3 is 5. The van der Waals surface area contributed by atoms with Gasteiger partial charge in [0.15, 0.2) is 0 Å². The fourth-order valence-corrected chi connectivity index (χ4v) is 19.7. The Morgan fingerprint density at radius 2 is 0.765 bits per heavy atom. The first-order chi connectivity index (χ1) is 63.0. The van der Waals surface area contributed by atoms with E-state index in [1.807, 2.05) is 13.0 Å². The molecule has 0 unspecified atom stereocenters. The summed E-state index contributed by atoms with van der Waals surface area (Å²) in [6.07, 6.45) is 5.36. The number of sulfonamides is 3. The van der Waals surface area contributed by atoms with Crippen LogP contribution in [0.1, 0.15) is 96.2 Å². The van der Waals surface area contributed by atoms with E-state index >= 15 is 0 Å². The Balaban J connectivity index is 0.000000163. The maximum absolute atomic E-state index is 14.2. The molecule has 0 aliphatic heterocycles. The van der Waals surface area contributed by atoms with Gasteiger partial charge in [0.1, 0.15) is 28.7 Å². The third-order valence-electron chi connectivity index (χ3n) is 22.9. The number of halogens is 8. The molecular weight excluding hydrogens is 1960 g/mol. The van der Waals surface area contributed by atoms with Gasteiger partial charge in [-0.2, -0.15) is 39.2 Å². The average Bonchev–Trinajstić information content (AvgIpc) is 0.756. The van der Waals surface area contributed by atoms with Crippen LogP contribution in [-0.4, -0.2) is 117 Å². The predicted octanol–water partition coefficient (Wildman–Crippen LogP) is 19.2. The number of hydrogen-bond acceptors (Lipinski definition) is 20. The first kappa shape index (κ1) is 97.6. The third kappa shape index (κ3) is 21.7. The summed E-state index contributed by atoms with van der Waals surface area (Å²) in [4.78, 5) is 63.9. The minimum atomic E-state index is -4.22. The zero-order valence-corrected chi connectivity index (χ0v) is 81.2. The molecule has 0 atom stereocenters. The minimum absolute atomic E-state index is 0.00180. The maximum atomic E-state index is 14.2. The number of rotatable bonds is 23. The second-order valence-electron chi connectivity index (χ2n) is 31.4. The molecule has 3 fully saturated rings. The molecular formula is C94H88Br2F6N12O14S3Zn. The summed E-state index contributed by atoms with van der Waals surface area (Å²) in [7, 11) is -4.83. The second kappa shape index (κ2) is 41.5. The molecule has 3 aliphatic rings. The quantitative estimate of drug-likeness (QED) is 0.0353. The van der Waals surface area contributed by atoms with Crippen LogP contribution < -0.4 is 53.7 Å². The second-order valence-corrected chi connectivity index (χ2v) is 37.7. The summed E-state index contributed by atoms with van der Waals surface area (Å²) in [5.41, 5.74) is 6.96. The Hall–Kier alpha value is -12.0. The SMILES string of the molecule is CC1C[CH-]C1.COc1cc(C2CC(C(F)(F)F)C2)c(C)cc1-n1c(=O)ccc2cc(S(=O)(=O)Nc3ncccn3)ccc21.COc1ccc(CN(c2ncccn2)S(=O)(=O)c2ccc3c(ccc(=O)n3-c3cc(C)c(Br)cc3OC)c2)cc1.COc1ccc(CN(c2ncccn2)S(=O)(=O)c2ccc3c(ccc(=O)n3-c3cc(C)c(C4CC(C(F)(F)F)C4)cc3OC)c2)cc1.[Zn+][Br]. The summed E-state index contributed by atoms with van der Waals surface area (Å²) in [6, 6.07) is 51.4. The molecule has 0 bridgehead atoms. The molecule has 0 amide bonds. The van der Waals surface area contributed by atoms with Gasteiger partial charge in [-0.25, -0.2) is 68.5 Å². The molecule has 6 heterocycles. The van der Waals surface area contributed by atoms with Gasteiger partial charge >= 0.3 is 42.3 Å². The van der Waals surface area contributed by atoms with Gasteiger partial charge in [0.05, 0.1) is 109 Å². The number of alkyl halides is 6. The van der Waals surface area contributed by atoms with Gasteiger partial charge in [-0.1, -0.05) is 53.0 Å². The molecule has 1 N–H and O–H groups in total. The van der Waals surface area contributed by atoms with Crippen molar-refractivity contribution in [3.05, 3.63) is 312 Å². The topological polar surface area (TPSA) is 310 Å². The van der Waals surface area contributed by atoms with Gasteiger partial charge in [-0.15, -0.1) is 0 Å². The molecule has 17 rings (SSSR count). The summed E-state index contributed by atoms with van der Waals surface area (Å²) < 4.78 is 198. The van der Waals surface area contributed by atoms with Crippen LogP contribution in [0.3, 0.4) is 0 Å². The van der Waals surface area contributed by atoms with Crippen molar-refractivity contribution < 1.29 is 91.6 Å². The van der Waals surface area contributed by atoms with Gasteiger partial charge in [-0.05, 0) is 249 Å². The number of anilines is 3. The standard InChI is InChI=1S/C34H31F3N4O5S.C29H25BrN4O5S.C26H23F3N4O4S.C5H9.BrH.Zn/c1-21-15-30(31(46-3)19-28(21)24-16-25(17-24)34(35,36)37)41-29-11-10-27(18-23(29)7-12-32(41)42)47(43,44)40(33-38-13-4-14-39-33)20-22-5-8-26(45-2)9-6-22;1-19-15-26(27(39-3)17-24(19)30)34-25-11-10-23(16-21(25)7-12-28(34)35)40(36,37)33(29-31-13-4-14-32-29)18-20-5-8-22(38-2)9-6-20;1-15-10-22(23(37-2)14-20(15)17-11-18(12-17)26(27,28)29)33-21-6-5-19(13-16(21)4-7-24(33)34)38(35,36)32-25-30-8-3-9-31-25;1-5-3-2-4-5;;/h4-15,18-19,24-25H,16-17,20H2,1-3H3;4-17H,18H2,1-3H3;3-10,13-14,17-18H,11-12H2,1-2H3,(H,30,31,32);2,5H,3-4H2,1H3;1H;/q;;;-1;;+2/p-1. The third-order valence-corrected chi connectivity index (χ3v) is 28.6. The molecule has 0 saturated heterocycles. The first-order valence-corrected chi connectivity index (χ1v) is 53.2. The summed E-state index contributed by atoms with van der Waals surface area (Å²) in [5.74, 6) is 0.229. The Kier molecular flexibility index (Phi) is 30.6. The normalized spacial score (nSPS) is 15.4. The Labute approximate surface area is 782 Å². The molecule has 6 aromatic heterocycles. The number of pyridine rings is 3. The first-order valence-electron chi connectivity index (χ1n) is 41.1. The van der Waals surface area contributed by atoms with Crippen LogP contribution >= 0.6 is 29.6 Å². The molecule has 0 spiro atoms. The fraction of sp³-hybridized carbons (Fsp3) is 0.255. The van der Waals surface area contributed by atoms with Gasteiger partial charge < -0.3 is 30.1 Å². The van der Waals surface area contributed by atoms with E-state index in [0.717, 1.165) is 52.4 Å². The van der Waals surface area contributed by atoms with Gasteiger partial charge in [0, 0.05) is 76.0 Å². The van der Waals surface area contributed by atoms with Crippen LogP contribution in [0.15, 0.2) is 265 Å². The van der Waals surface area contributed by atoms with Crippen LogP contribution in [0.25, 0.3) is 49.8 Å². The van der Waals surface area contributed by atoms with Crippen molar-refractivity contribution in [2.45, 2.75) is 118 Å². The molecule has 684 valence electrons. The molecule has 38 heteroatoms. The van der Waals surface area contributed by atoms with Gasteiger partial charge in [0.2, 0.25) is 17.8 Å². The monoisotopic (exact) mass is 2040 g/mol. The van der Waals surface area contributed by atoms with E-state index in [0.29, 0.717) is 84.1 Å². The van der Waals surface area contributed by atoms with Crippen molar-refractivity contribution in [3.8, 4) is 45.8 Å². The van der Waals surface area contributed by atoms with Crippen molar-refractivity contribution in [1.82, 2.24) is 43.6 Å². The number of nitrogens with zero attached hydrogens (tertiary/aromatic N) is 11. The zero-order chi connectivity index (χ0) is 94.9. The molecule has 0 radical (unpaired) electrons. The average molecular weight is 2050 g/mol. The van der Waals surface area contributed by atoms with Crippen molar-refractivity contribution in [2.24, 2.45) is 17.8 Å². The Morgan fingerprint density at radius 1 is 0.439 bits per heavy atom. The van der Waals surface area contributed by atoms with Crippen LogP contribution in [0.5, 0.6) is 28.7 Å². The number of fused-ring (bicyclic) bond motifs is 3. The van der Waals surface area contributed by atoms with E-state index in [1.165, 1.54) is 162 Å². The molecule has 26 nitrogen and oxygen atoms in total. The Bertz CT molecular complexity index is 7100. The van der Waals surface area contributed by atoms with E-state index < -0.39 is 59.8 Å². The summed E-state index contributed by atoms with van der Waals surface area (Å²) in [6.45, 7) is 7.72. The number of nitrogens with one attached hydrogen (secondary N) is 1. The number of aromatic nitrogens is 9. The molecule has 132 heavy (non-hydrogen) atoms. The molecule has 3 aliphatic carbocycles. The van der Waals surface area contributed by atoms with Crippen LogP contribution in [0.2, 0.25) is 0 Å². The molecule has 14 aromatic rings.